The van der Waals surface area contributed by atoms with E-state index < -0.39 is 0 Å². The molecule has 88 valence electrons. The van der Waals surface area contributed by atoms with Crippen LogP contribution < -0.4 is 16.6 Å². The molecule has 0 aromatic heterocycles. The highest BCUT2D eigenvalue weighted by Gasteiger charge is 2.29. The van der Waals surface area contributed by atoms with Crippen LogP contribution in [-0.2, 0) is 6.42 Å². The molecule has 1 fully saturated rings. The SMILES string of the molecule is CC1NNC(c2ccc(CCN)cc2)C1C. The van der Waals surface area contributed by atoms with Crippen LogP contribution in [0.1, 0.15) is 31.0 Å². The Morgan fingerprint density at radius 3 is 2.31 bits per heavy atom. The predicted molar refractivity (Wildman–Crippen MR) is 66.8 cm³/mol. The van der Waals surface area contributed by atoms with Crippen LogP contribution in [0, 0.1) is 5.92 Å². The van der Waals surface area contributed by atoms with Crippen molar-refractivity contribution in [2.24, 2.45) is 11.7 Å². The average Bonchev–Trinajstić information content (AvgIpc) is 2.62. The lowest BCUT2D eigenvalue weighted by molar-refractivity contribution is 0.475. The summed E-state index contributed by atoms with van der Waals surface area (Å²) in [6, 6.07) is 9.72. The molecule has 3 heteroatoms. The standard InChI is InChI=1S/C13H21N3/c1-9-10(2)15-16-13(9)12-5-3-11(4-6-12)7-8-14/h3-6,9-10,13,15-16H,7-8,14H2,1-2H3. The molecule has 16 heavy (non-hydrogen) atoms. The molecule has 3 unspecified atom stereocenters. The molecule has 4 N–H and O–H groups in total. The molecule has 1 aromatic carbocycles. The third-order valence-electron chi connectivity index (χ3n) is 3.55. The second-order valence-corrected chi connectivity index (χ2v) is 4.69. The zero-order chi connectivity index (χ0) is 11.5. The molecular formula is C13H21N3. The summed E-state index contributed by atoms with van der Waals surface area (Å²) in [4.78, 5) is 0. The molecule has 0 saturated carbocycles. The first-order chi connectivity index (χ1) is 7.72. The van der Waals surface area contributed by atoms with Crippen molar-refractivity contribution in [1.29, 1.82) is 0 Å². The topological polar surface area (TPSA) is 50.1 Å². The van der Waals surface area contributed by atoms with Gasteiger partial charge in [0.05, 0.1) is 6.04 Å². The summed E-state index contributed by atoms with van der Waals surface area (Å²) >= 11 is 0. The van der Waals surface area contributed by atoms with Crippen molar-refractivity contribution in [2.45, 2.75) is 32.4 Å². The molecule has 1 aliphatic rings. The van der Waals surface area contributed by atoms with Gasteiger partial charge >= 0.3 is 0 Å². The van der Waals surface area contributed by atoms with E-state index >= 15 is 0 Å². The molecule has 0 amide bonds. The highest BCUT2D eigenvalue weighted by molar-refractivity contribution is 5.26. The highest BCUT2D eigenvalue weighted by atomic mass is 15.4. The molecule has 1 aromatic rings. The van der Waals surface area contributed by atoms with Gasteiger partial charge in [0.1, 0.15) is 0 Å². The van der Waals surface area contributed by atoms with E-state index in [0.29, 0.717) is 18.0 Å². The number of benzene rings is 1. The maximum Gasteiger partial charge on any atom is 0.0503 e. The summed E-state index contributed by atoms with van der Waals surface area (Å²) in [5.74, 6) is 0.611. The molecule has 0 radical (unpaired) electrons. The van der Waals surface area contributed by atoms with Crippen molar-refractivity contribution in [3.05, 3.63) is 35.4 Å². The summed E-state index contributed by atoms with van der Waals surface area (Å²) in [5.41, 5.74) is 14.8. The number of hydrazine groups is 1. The normalized spacial score (nSPS) is 29.6. The Labute approximate surface area is 97.4 Å². The van der Waals surface area contributed by atoms with Crippen molar-refractivity contribution in [3.8, 4) is 0 Å². The molecule has 3 atom stereocenters. The minimum Gasteiger partial charge on any atom is -0.330 e. The molecule has 0 aliphatic carbocycles. The molecule has 0 spiro atoms. The Morgan fingerprint density at radius 2 is 1.81 bits per heavy atom. The third-order valence-corrected chi connectivity index (χ3v) is 3.55. The van der Waals surface area contributed by atoms with Crippen LogP contribution in [0.3, 0.4) is 0 Å². The summed E-state index contributed by atoms with van der Waals surface area (Å²) in [6.45, 7) is 5.20. The Morgan fingerprint density at radius 1 is 1.12 bits per heavy atom. The summed E-state index contributed by atoms with van der Waals surface area (Å²) in [6.07, 6.45) is 0.961. The van der Waals surface area contributed by atoms with Crippen LogP contribution in [0.2, 0.25) is 0 Å². The average molecular weight is 219 g/mol. The molecule has 2 rings (SSSR count). The Balaban J connectivity index is 2.10. The van der Waals surface area contributed by atoms with Gasteiger partial charge in [-0.1, -0.05) is 31.2 Å². The predicted octanol–water partition coefficient (Wildman–Crippen LogP) is 1.36. The van der Waals surface area contributed by atoms with Crippen LogP contribution in [0.4, 0.5) is 0 Å². The number of hydrogen-bond acceptors (Lipinski definition) is 3. The summed E-state index contributed by atoms with van der Waals surface area (Å²) in [5, 5.41) is 0. The minimum absolute atomic E-state index is 0.418. The second-order valence-electron chi connectivity index (χ2n) is 4.69. The number of hydrogen-bond donors (Lipinski definition) is 3. The van der Waals surface area contributed by atoms with E-state index in [1.807, 2.05) is 0 Å². The van der Waals surface area contributed by atoms with E-state index in [-0.39, 0.29) is 0 Å². The molecule has 1 saturated heterocycles. The van der Waals surface area contributed by atoms with Crippen LogP contribution >= 0.6 is 0 Å². The Hall–Kier alpha value is -0.900. The number of nitrogens with one attached hydrogen (secondary N) is 2. The number of rotatable bonds is 3. The van der Waals surface area contributed by atoms with Gasteiger partial charge in [0.15, 0.2) is 0 Å². The van der Waals surface area contributed by atoms with Gasteiger partial charge in [-0.25, -0.2) is 5.43 Å². The van der Waals surface area contributed by atoms with Crippen molar-refractivity contribution in [3.63, 3.8) is 0 Å². The number of nitrogens with two attached hydrogens (primary N) is 1. The molecule has 1 heterocycles. The van der Waals surface area contributed by atoms with Crippen LogP contribution in [0.15, 0.2) is 24.3 Å². The summed E-state index contributed by atoms with van der Waals surface area (Å²) < 4.78 is 0. The van der Waals surface area contributed by atoms with Crippen molar-refractivity contribution in [2.75, 3.05) is 6.54 Å². The molecule has 1 aliphatic heterocycles. The van der Waals surface area contributed by atoms with Gasteiger partial charge in [0.25, 0.3) is 0 Å². The second kappa shape index (κ2) is 4.95. The van der Waals surface area contributed by atoms with Gasteiger partial charge in [-0.15, -0.1) is 0 Å². The van der Waals surface area contributed by atoms with Crippen LogP contribution in [0.25, 0.3) is 0 Å². The maximum atomic E-state index is 5.54. The van der Waals surface area contributed by atoms with Crippen molar-refractivity contribution in [1.82, 2.24) is 10.9 Å². The zero-order valence-corrected chi connectivity index (χ0v) is 10.0. The van der Waals surface area contributed by atoms with E-state index in [4.69, 9.17) is 5.73 Å². The molecule has 0 bridgehead atoms. The van der Waals surface area contributed by atoms with Crippen LogP contribution in [0.5, 0.6) is 0 Å². The van der Waals surface area contributed by atoms with Gasteiger partial charge in [-0.05, 0) is 36.9 Å². The molecule has 3 nitrogen and oxygen atoms in total. The fraction of sp³-hybridized carbons (Fsp3) is 0.538. The lowest BCUT2D eigenvalue weighted by atomic mass is 9.91. The fourth-order valence-electron chi connectivity index (χ4n) is 2.22. The fourth-order valence-corrected chi connectivity index (χ4v) is 2.22. The van der Waals surface area contributed by atoms with E-state index in [0.717, 1.165) is 13.0 Å². The Bertz CT molecular complexity index is 334. The Kier molecular flexibility index (Phi) is 3.59. The van der Waals surface area contributed by atoms with Gasteiger partial charge in [0.2, 0.25) is 0 Å². The van der Waals surface area contributed by atoms with Gasteiger partial charge in [-0.2, -0.15) is 0 Å². The smallest absolute Gasteiger partial charge is 0.0503 e. The lowest BCUT2D eigenvalue weighted by Gasteiger charge is -2.16. The quantitative estimate of drug-likeness (QED) is 0.719. The maximum absolute atomic E-state index is 5.54. The first-order valence-corrected chi connectivity index (χ1v) is 6.02. The van der Waals surface area contributed by atoms with Gasteiger partial charge in [0, 0.05) is 6.04 Å². The first-order valence-electron chi connectivity index (χ1n) is 6.02. The van der Waals surface area contributed by atoms with Crippen LogP contribution in [-0.4, -0.2) is 12.6 Å². The van der Waals surface area contributed by atoms with E-state index in [1.54, 1.807) is 0 Å². The third kappa shape index (κ3) is 2.26. The molecular weight excluding hydrogens is 198 g/mol. The van der Waals surface area contributed by atoms with Gasteiger partial charge in [-0.3, -0.25) is 5.43 Å². The van der Waals surface area contributed by atoms with Crippen molar-refractivity contribution < 1.29 is 0 Å². The minimum atomic E-state index is 0.418. The lowest BCUT2D eigenvalue weighted by Crippen LogP contribution is -2.29. The first kappa shape index (κ1) is 11.6. The summed E-state index contributed by atoms with van der Waals surface area (Å²) in [7, 11) is 0. The highest BCUT2D eigenvalue weighted by Crippen LogP contribution is 2.28. The van der Waals surface area contributed by atoms with Gasteiger partial charge < -0.3 is 5.73 Å². The zero-order valence-electron chi connectivity index (χ0n) is 10.0. The van der Waals surface area contributed by atoms with E-state index in [9.17, 15) is 0 Å². The largest absolute Gasteiger partial charge is 0.330 e. The van der Waals surface area contributed by atoms with Crippen molar-refractivity contribution >= 4 is 0 Å². The monoisotopic (exact) mass is 219 g/mol. The van der Waals surface area contributed by atoms with E-state index in [2.05, 4.69) is 49.0 Å². The van der Waals surface area contributed by atoms with E-state index in [1.165, 1.54) is 11.1 Å².